The summed E-state index contributed by atoms with van der Waals surface area (Å²) in [5.41, 5.74) is 5.50. The largest absolute Gasteiger partial charge is 0.441 e. The number of rotatable bonds is 7. The molecule has 0 aliphatic rings. The van der Waals surface area contributed by atoms with Crippen molar-refractivity contribution in [1.82, 2.24) is 8.96 Å². The fourth-order valence-corrected chi connectivity index (χ4v) is 3.62. The first kappa shape index (κ1) is 18.8. The molecule has 1 aromatic carbocycles. The summed E-state index contributed by atoms with van der Waals surface area (Å²) in [6, 6.07) is 7.74. The first-order chi connectivity index (χ1) is 13.2. The van der Waals surface area contributed by atoms with E-state index in [1.54, 1.807) is 27.2 Å². The lowest BCUT2D eigenvalue weighted by Crippen LogP contribution is -2.14. The highest BCUT2D eigenvalue weighted by molar-refractivity contribution is 6.30. The third-order valence-electron chi connectivity index (χ3n) is 4.66. The average Bonchev–Trinajstić information content (AvgIpc) is 3.18. The number of hydrogen-bond donors (Lipinski definition) is 2. The van der Waals surface area contributed by atoms with Gasteiger partial charge in [0, 0.05) is 33.3 Å². The molecule has 3 rings (SSSR count). The topological polar surface area (TPSA) is 50.3 Å². The summed E-state index contributed by atoms with van der Waals surface area (Å²) >= 11 is 0. The van der Waals surface area contributed by atoms with Crippen molar-refractivity contribution >= 4 is 50.4 Å². The van der Waals surface area contributed by atoms with Gasteiger partial charge in [-0.15, -0.1) is 0 Å². The number of aromatic nitrogens is 2. The zero-order valence-corrected chi connectivity index (χ0v) is 15.3. The molecule has 0 bridgehead atoms. The van der Waals surface area contributed by atoms with Crippen molar-refractivity contribution in [2.75, 3.05) is 0 Å². The highest BCUT2D eigenvalue weighted by atomic mass is 16.2. The van der Waals surface area contributed by atoms with E-state index < -0.39 is 0 Å². The summed E-state index contributed by atoms with van der Waals surface area (Å²) in [4.78, 5) is 0. The van der Waals surface area contributed by atoms with Gasteiger partial charge in [-0.05, 0) is 19.1 Å². The van der Waals surface area contributed by atoms with E-state index in [-0.39, 0.29) is 0 Å². The summed E-state index contributed by atoms with van der Waals surface area (Å²) < 4.78 is 3.32. The maximum atomic E-state index is 10.0. The van der Waals surface area contributed by atoms with E-state index in [0.29, 0.717) is 11.4 Å². The molecule has 0 spiro atoms. The lowest BCUT2D eigenvalue weighted by molar-refractivity contribution is 0.586. The van der Waals surface area contributed by atoms with Crippen LogP contribution >= 0.6 is 0 Å². The number of fused-ring (bicyclic) bond motifs is 1. The van der Waals surface area contributed by atoms with Gasteiger partial charge < -0.3 is 19.0 Å². The molecule has 6 heteroatoms. The van der Waals surface area contributed by atoms with Gasteiger partial charge in [-0.3, -0.25) is 0 Å². The molecule has 27 heavy (non-hydrogen) atoms. The van der Waals surface area contributed by atoms with E-state index in [0.717, 1.165) is 48.5 Å². The molecule has 0 fully saturated rings. The molecule has 0 aliphatic heterocycles. The Kier molecular flexibility index (Phi) is 5.40. The summed E-state index contributed by atoms with van der Waals surface area (Å²) in [5.74, 6) is 0. The SMILES string of the molecule is C=Cc1c(/C=C\C)c(C=C)n([B]O)c1-c1c(C=C)c2ccccc2n1[B]O. The Balaban J connectivity index is 2.57. The predicted molar refractivity (Wildman–Crippen MR) is 117 cm³/mol. The molecule has 2 radical (unpaired) electrons. The first-order valence-corrected chi connectivity index (χ1v) is 8.54. The molecule has 0 unspecified atom stereocenters. The molecule has 2 N–H and O–H groups in total. The minimum Gasteiger partial charge on any atom is -0.435 e. The van der Waals surface area contributed by atoms with Crippen molar-refractivity contribution in [2.24, 2.45) is 0 Å². The van der Waals surface area contributed by atoms with Gasteiger partial charge in [-0.2, -0.15) is 0 Å². The van der Waals surface area contributed by atoms with E-state index in [2.05, 4.69) is 19.7 Å². The van der Waals surface area contributed by atoms with Crippen LogP contribution in [-0.2, 0) is 0 Å². The lowest BCUT2D eigenvalue weighted by atomic mass is 10.0. The van der Waals surface area contributed by atoms with Gasteiger partial charge in [0.05, 0.1) is 11.4 Å². The summed E-state index contributed by atoms with van der Waals surface area (Å²) in [7, 11) is 2.02. The van der Waals surface area contributed by atoms with E-state index in [1.807, 2.05) is 43.3 Å². The number of nitrogens with zero attached hydrogens (tertiary/aromatic N) is 2. The maximum Gasteiger partial charge on any atom is 0.441 e. The Morgan fingerprint density at radius 2 is 1.48 bits per heavy atom. The Morgan fingerprint density at radius 3 is 2.04 bits per heavy atom. The van der Waals surface area contributed by atoms with E-state index >= 15 is 0 Å². The monoisotopic (exact) mass is 354 g/mol. The highest BCUT2D eigenvalue weighted by Crippen LogP contribution is 2.39. The molecule has 0 saturated heterocycles. The highest BCUT2D eigenvalue weighted by Gasteiger charge is 2.25. The summed E-state index contributed by atoms with van der Waals surface area (Å²) in [5, 5.41) is 21.0. The lowest BCUT2D eigenvalue weighted by Gasteiger charge is -2.13. The van der Waals surface area contributed by atoms with Gasteiger partial charge in [0.25, 0.3) is 0 Å². The molecule has 3 aromatic rings. The van der Waals surface area contributed by atoms with E-state index in [4.69, 9.17) is 0 Å². The fourth-order valence-electron chi connectivity index (χ4n) is 3.62. The molecular formula is C21H20B2N2O2. The minimum atomic E-state index is 0.687. The van der Waals surface area contributed by atoms with Crippen molar-refractivity contribution in [3.63, 3.8) is 0 Å². The number of hydrogen-bond acceptors (Lipinski definition) is 2. The van der Waals surface area contributed by atoms with Gasteiger partial charge in [0.1, 0.15) is 0 Å². The maximum absolute atomic E-state index is 10.0. The van der Waals surface area contributed by atoms with Crippen LogP contribution in [0.25, 0.3) is 46.6 Å². The average molecular weight is 354 g/mol. The second-order valence-electron chi connectivity index (χ2n) is 5.92. The number of para-hydroxylation sites is 1. The molecule has 0 saturated carbocycles. The molecule has 0 amide bonds. The van der Waals surface area contributed by atoms with Crippen LogP contribution in [0.15, 0.2) is 50.1 Å². The Morgan fingerprint density at radius 1 is 0.852 bits per heavy atom. The normalized spacial score (nSPS) is 11.1. The van der Waals surface area contributed by atoms with Crippen molar-refractivity contribution in [3.8, 4) is 11.4 Å². The molecule has 0 aliphatic carbocycles. The molecule has 4 nitrogen and oxygen atoms in total. The third kappa shape index (κ3) is 2.74. The van der Waals surface area contributed by atoms with Crippen LogP contribution in [0.4, 0.5) is 0 Å². The van der Waals surface area contributed by atoms with Crippen LogP contribution in [-0.4, -0.2) is 34.2 Å². The second kappa shape index (κ2) is 7.74. The van der Waals surface area contributed by atoms with Crippen molar-refractivity contribution in [1.29, 1.82) is 0 Å². The molecule has 2 heterocycles. The van der Waals surface area contributed by atoms with Crippen LogP contribution in [0.1, 0.15) is 29.3 Å². The quantitative estimate of drug-likeness (QED) is 0.634. The van der Waals surface area contributed by atoms with Gasteiger partial charge in [0.15, 0.2) is 0 Å². The summed E-state index contributed by atoms with van der Waals surface area (Å²) in [6.45, 7) is 13.7. The zero-order chi connectivity index (χ0) is 19.6. The first-order valence-electron chi connectivity index (χ1n) is 8.54. The third-order valence-corrected chi connectivity index (χ3v) is 4.66. The van der Waals surface area contributed by atoms with Gasteiger partial charge >= 0.3 is 15.2 Å². The second-order valence-corrected chi connectivity index (χ2v) is 5.92. The zero-order valence-electron chi connectivity index (χ0n) is 15.3. The smallest absolute Gasteiger partial charge is 0.435 e. The van der Waals surface area contributed by atoms with Crippen LogP contribution in [0.2, 0.25) is 0 Å². The van der Waals surface area contributed by atoms with Crippen molar-refractivity contribution in [2.45, 2.75) is 6.92 Å². The molecule has 132 valence electrons. The van der Waals surface area contributed by atoms with Crippen molar-refractivity contribution in [3.05, 3.63) is 72.5 Å². The van der Waals surface area contributed by atoms with Gasteiger partial charge in [-0.25, -0.2) is 0 Å². The molecule has 0 atom stereocenters. The van der Waals surface area contributed by atoms with Crippen LogP contribution < -0.4 is 0 Å². The number of benzene rings is 1. The molecule has 2 aromatic heterocycles. The Hall–Kier alpha value is -2.95. The van der Waals surface area contributed by atoms with Gasteiger partial charge in [0.2, 0.25) is 0 Å². The van der Waals surface area contributed by atoms with E-state index in [9.17, 15) is 10.0 Å². The van der Waals surface area contributed by atoms with Crippen LogP contribution in [0.5, 0.6) is 0 Å². The van der Waals surface area contributed by atoms with Crippen LogP contribution in [0.3, 0.4) is 0 Å². The Labute approximate surface area is 160 Å². The minimum absolute atomic E-state index is 0.687. The fraction of sp³-hybridized carbons (Fsp3) is 0.0476. The standard InChI is InChI=1S/C21H20B2N2O2/c1-5-11-16-14(6-2)20(24(22-26)18(16)8-4)21-15(7-3)17-12-9-10-13-19(17)25(21)23-27/h5-13,26-27H,2-4H2,1H3/b11-5-. The molecular weight excluding hydrogens is 334 g/mol. The van der Waals surface area contributed by atoms with E-state index in [1.165, 1.54) is 0 Å². The van der Waals surface area contributed by atoms with Crippen molar-refractivity contribution < 1.29 is 10.0 Å². The number of allylic oxidation sites excluding steroid dienone is 1. The van der Waals surface area contributed by atoms with Gasteiger partial charge in [-0.1, -0.05) is 62.2 Å². The Bertz CT molecular complexity index is 1070. The van der Waals surface area contributed by atoms with Crippen LogP contribution in [0, 0.1) is 0 Å². The summed E-state index contributed by atoms with van der Waals surface area (Å²) in [6.07, 6.45) is 9.04. The predicted octanol–water partition coefficient (Wildman–Crippen LogP) is 3.82.